The topological polar surface area (TPSA) is 49.4 Å². The zero-order valence-electron chi connectivity index (χ0n) is 13.1. The van der Waals surface area contributed by atoms with Crippen molar-refractivity contribution in [2.75, 3.05) is 0 Å². The molecular weight excluding hydrogens is 240 g/mol. The fourth-order valence-electron chi connectivity index (χ4n) is 2.78. The second-order valence-electron chi connectivity index (χ2n) is 6.61. The molecule has 3 unspecified atom stereocenters. The summed E-state index contributed by atoms with van der Waals surface area (Å²) in [5.41, 5.74) is -0.254. The molecule has 1 aliphatic heterocycles. The van der Waals surface area contributed by atoms with Crippen molar-refractivity contribution in [3.8, 4) is 0 Å². The molecule has 1 aliphatic rings. The molecule has 0 aromatic carbocycles. The van der Waals surface area contributed by atoms with E-state index in [9.17, 15) is 9.59 Å². The molecule has 0 radical (unpaired) electrons. The summed E-state index contributed by atoms with van der Waals surface area (Å²) in [6.07, 6.45) is 2.62. The second kappa shape index (κ2) is 5.93. The molecular formula is C15H28N2O2. The molecule has 0 aliphatic carbocycles. The fourth-order valence-corrected chi connectivity index (χ4v) is 2.78. The lowest BCUT2D eigenvalue weighted by molar-refractivity contribution is -0.155. The summed E-state index contributed by atoms with van der Waals surface area (Å²) in [7, 11) is 0. The highest BCUT2D eigenvalue weighted by Gasteiger charge is 2.45. The number of rotatable bonds is 4. The van der Waals surface area contributed by atoms with Crippen LogP contribution in [0.5, 0.6) is 0 Å². The number of hydrogen-bond acceptors (Lipinski definition) is 2. The van der Waals surface area contributed by atoms with Crippen molar-refractivity contribution < 1.29 is 9.59 Å². The largest absolute Gasteiger partial charge is 0.342 e. The maximum atomic E-state index is 12.7. The van der Waals surface area contributed by atoms with Gasteiger partial charge in [-0.3, -0.25) is 9.59 Å². The molecule has 19 heavy (non-hydrogen) atoms. The quantitative estimate of drug-likeness (QED) is 0.850. The van der Waals surface area contributed by atoms with Crippen LogP contribution >= 0.6 is 0 Å². The molecule has 0 spiro atoms. The lowest BCUT2D eigenvalue weighted by Crippen LogP contribution is -2.68. The van der Waals surface area contributed by atoms with Crippen LogP contribution in [-0.4, -0.2) is 34.8 Å². The van der Waals surface area contributed by atoms with Crippen molar-refractivity contribution >= 4 is 11.8 Å². The van der Waals surface area contributed by atoms with Crippen LogP contribution in [0.4, 0.5) is 0 Å². The number of hydrogen-bond donors (Lipinski definition) is 1. The Labute approximate surface area is 116 Å². The third-order valence-electron chi connectivity index (χ3n) is 3.86. The van der Waals surface area contributed by atoms with Crippen LogP contribution in [0.15, 0.2) is 0 Å². The summed E-state index contributed by atoms with van der Waals surface area (Å²) >= 11 is 0. The standard InChI is InChI=1S/C15H28N2O2/c1-7-9-10(3)17-11(8-2)13(18)16-12(14(17)19)15(4,5)6/h10-12H,7-9H2,1-6H3,(H,16,18). The van der Waals surface area contributed by atoms with E-state index in [2.05, 4.69) is 12.2 Å². The van der Waals surface area contributed by atoms with Crippen molar-refractivity contribution in [1.82, 2.24) is 10.2 Å². The molecule has 3 atom stereocenters. The molecule has 1 heterocycles. The summed E-state index contributed by atoms with van der Waals surface area (Å²) in [6, 6.07) is -0.604. The zero-order chi connectivity index (χ0) is 14.8. The van der Waals surface area contributed by atoms with Gasteiger partial charge in [-0.15, -0.1) is 0 Å². The number of nitrogens with one attached hydrogen (secondary N) is 1. The monoisotopic (exact) mass is 268 g/mol. The van der Waals surface area contributed by atoms with Crippen LogP contribution in [0, 0.1) is 5.41 Å². The number of carbonyl (C=O) groups excluding carboxylic acids is 2. The van der Waals surface area contributed by atoms with Crippen molar-refractivity contribution in [1.29, 1.82) is 0 Å². The average Bonchev–Trinajstić information content (AvgIpc) is 2.29. The van der Waals surface area contributed by atoms with Gasteiger partial charge in [-0.25, -0.2) is 0 Å². The van der Waals surface area contributed by atoms with Crippen molar-refractivity contribution in [2.24, 2.45) is 5.41 Å². The summed E-state index contributed by atoms with van der Waals surface area (Å²) in [5, 5.41) is 2.90. The molecule has 1 N–H and O–H groups in total. The summed E-state index contributed by atoms with van der Waals surface area (Å²) in [4.78, 5) is 26.8. The van der Waals surface area contributed by atoms with E-state index in [4.69, 9.17) is 0 Å². The SMILES string of the molecule is CCCC(C)N1C(=O)C(C(C)(C)C)NC(=O)C1CC. The van der Waals surface area contributed by atoms with Crippen molar-refractivity contribution in [2.45, 2.75) is 78.9 Å². The predicted molar refractivity (Wildman–Crippen MR) is 76.7 cm³/mol. The van der Waals surface area contributed by atoms with Gasteiger partial charge in [0.15, 0.2) is 0 Å². The maximum absolute atomic E-state index is 12.7. The van der Waals surface area contributed by atoms with Gasteiger partial charge in [0.25, 0.3) is 0 Å². The van der Waals surface area contributed by atoms with Crippen molar-refractivity contribution in [3.05, 3.63) is 0 Å². The van der Waals surface area contributed by atoms with E-state index in [-0.39, 0.29) is 29.3 Å². The van der Waals surface area contributed by atoms with Crippen LogP contribution in [0.2, 0.25) is 0 Å². The molecule has 110 valence electrons. The van der Waals surface area contributed by atoms with Crippen molar-refractivity contribution in [3.63, 3.8) is 0 Å². The van der Waals surface area contributed by atoms with Crippen LogP contribution in [0.1, 0.15) is 60.8 Å². The normalized spacial score (nSPS) is 26.3. The smallest absolute Gasteiger partial charge is 0.246 e. The zero-order valence-corrected chi connectivity index (χ0v) is 13.1. The first kappa shape index (κ1) is 16.0. The highest BCUT2D eigenvalue weighted by Crippen LogP contribution is 2.28. The fraction of sp³-hybridized carbons (Fsp3) is 0.867. The molecule has 0 aromatic rings. The maximum Gasteiger partial charge on any atom is 0.246 e. The van der Waals surface area contributed by atoms with E-state index in [1.54, 1.807) is 0 Å². The Bertz CT molecular complexity index is 347. The van der Waals surface area contributed by atoms with E-state index in [1.807, 2.05) is 39.5 Å². The number of carbonyl (C=O) groups is 2. The van der Waals surface area contributed by atoms with Gasteiger partial charge in [-0.1, -0.05) is 41.0 Å². The van der Waals surface area contributed by atoms with Gasteiger partial charge in [0.1, 0.15) is 12.1 Å². The van der Waals surface area contributed by atoms with E-state index in [1.165, 1.54) is 0 Å². The van der Waals surface area contributed by atoms with E-state index in [0.717, 1.165) is 12.8 Å². The van der Waals surface area contributed by atoms with Crippen LogP contribution in [-0.2, 0) is 9.59 Å². The van der Waals surface area contributed by atoms with Gasteiger partial charge in [0.05, 0.1) is 0 Å². The Hall–Kier alpha value is -1.06. The molecule has 1 saturated heterocycles. The molecule has 0 aromatic heterocycles. The summed E-state index contributed by atoms with van der Waals surface area (Å²) in [6.45, 7) is 12.1. The molecule has 0 bridgehead atoms. The third kappa shape index (κ3) is 3.28. The number of nitrogens with zero attached hydrogens (tertiary/aromatic N) is 1. The number of amides is 2. The molecule has 4 nitrogen and oxygen atoms in total. The van der Waals surface area contributed by atoms with Gasteiger partial charge in [0.2, 0.25) is 11.8 Å². The van der Waals surface area contributed by atoms with Gasteiger partial charge in [-0.2, -0.15) is 0 Å². The molecule has 1 fully saturated rings. The Morgan fingerprint density at radius 3 is 2.26 bits per heavy atom. The first-order valence-electron chi connectivity index (χ1n) is 7.36. The molecule has 0 saturated carbocycles. The van der Waals surface area contributed by atoms with Crippen LogP contribution < -0.4 is 5.32 Å². The summed E-state index contributed by atoms with van der Waals surface area (Å²) < 4.78 is 0. The molecule has 2 amide bonds. The van der Waals surface area contributed by atoms with Crippen LogP contribution in [0.25, 0.3) is 0 Å². The summed E-state index contributed by atoms with van der Waals surface area (Å²) in [5.74, 6) is 0.0601. The average molecular weight is 268 g/mol. The predicted octanol–water partition coefficient (Wildman–Crippen LogP) is 2.33. The van der Waals surface area contributed by atoms with Gasteiger partial charge < -0.3 is 10.2 Å². The Morgan fingerprint density at radius 2 is 1.84 bits per heavy atom. The lowest BCUT2D eigenvalue weighted by Gasteiger charge is -2.45. The Morgan fingerprint density at radius 1 is 1.26 bits per heavy atom. The first-order chi connectivity index (χ1) is 8.73. The van der Waals surface area contributed by atoms with Gasteiger partial charge >= 0.3 is 0 Å². The van der Waals surface area contributed by atoms with E-state index < -0.39 is 6.04 Å². The Kier molecular flexibility index (Phi) is 4.99. The first-order valence-corrected chi connectivity index (χ1v) is 7.36. The highest BCUT2D eigenvalue weighted by molar-refractivity contribution is 5.97. The highest BCUT2D eigenvalue weighted by atomic mass is 16.2. The van der Waals surface area contributed by atoms with E-state index >= 15 is 0 Å². The lowest BCUT2D eigenvalue weighted by atomic mass is 9.83. The number of piperazine rings is 1. The third-order valence-corrected chi connectivity index (χ3v) is 3.86. The minimum absolute atomic E-state index is 0.00928. The Balaban J connectivity index is 3.06. The molecule has 4 heteroatoms. The minimum Gasteiger partial charge on any atom is -0.342 e. The minimum atomic E-state index is -0.415. The van der Waals surface area contributed by atoms with E-state index in [0.29, 0.717) is 6.42 Å². The van der Waals surface area contributed by atoms with Crippen LogP contribution in [0.3, 0.4) is 0 Å². The second-order valence-corrected chi connectivity index (χ2v) is 6.61. The van der Waals surface area contributed by atoms with Gasteiger partial charge in [-0.05, 0) is 25.2 Å². The molecule has 1 rings (SSSR count). The van der Waals surface area contributed by atoms with Gasteiger partial charge in [0, 0.05) is 6.04 Å².